The van der Waals surface area contributed by atoms with E-state index in [1.165, 1.54) is 0 Å². The maximum absolute atomic E-state index is 10.6. The number of rotatable bonds is 5. The van der Waals surface area contributed by atoms with Crippen LogP contribution in [0.25, 0.3) is 0 Å². The predicted octanol–water partition coefficient (Wildman–Crippen LogP) is 1.53. The maximum atomic E-state index is 10.6. The Kier molecular flexibility index (Phi) is 3.62. The highest BCUT2D eigenvalue weighted by atomic mass is 16.4. The van der Waals surface area contributed by atoms with Crippen LogP contribution in [0, 0.1) is 0 Å². The SMILES string of the molecule is Nc1cccc(Cc2nccn2CCC(=O)O)c1. The Hall–Kier alpha value is -2.30. The third kappa shape index (κ3) is 3.10. The average molecular weight is 245 g/mol. The molecule has 0 aliphatic heterocycles. The molecule has 0 bridgehead atoms. The number of aliphatic carboxylic acids is 1. The number of carboxylic acids is 1. The van der Waals surface area contributed by atoms with Gasteiger partial charge in [0.05, 0.1) is 6.42 Å². The van der Waals surface area contributed by atoms with Gasteiger partial charge in [0, 0.05) is 31.0 Å². The highest BCUT2D eigenvalue weighted by Gasteiger charge is 2.06. The average Bonchev–Trinajstić information content (AvgIpc) is 2.74. The summed E-state index contributed by atoms with van der Waals surface area (Å²) in [5, 5.41) is 8.68. The number of imidazole rings is 1. The summed E-state index contributed by atoms with van der Waals surface area (Å²) in [6, 6.07) is 7.61. The zero-order chi connectivity index (χ0) is 13.0. The van der Waals surface area contributed by atoms with Crippen LogP contribution in [0.5, 0.6) is 0 Å². The van der Waals surface area contributed by atoms with Gasteiger partial charge in [0.2, 0.25) is 0 Å². The van der Waals surface area contributed by atoms with Gasteiger partial charge >= 0.3 is 5.97 Å². The highest BCUT2D eigenvalue weighted by Crippen LogP contribution is 2.11. The first-order chi connectivity index (χ1) is 8.65. The molecule has 5 heteroatoms. The number of carbonyl (C=O) groups is 1. The van der Waals surface area contributed by atoms with E-state index in [4.69, 9.17) is 10.8 Å². The summed E-state index contributed by atoms with van der Waals surface area (Å²) < 4.78 is 1.86. The Morgan fingerprint density at radius 2 is 2.28 bits per heavy atom. The first kappa shape index (κ1) is 12.2. The van der Waals surface area contributed by atoms with Crippen molar-refractivity contribution in [1.29, 1.82) is 0 Å². The van der Waals surface area contributed by atoms with Crippen LogP contribution in [0.3, 0.4) is 0 Å². The van der Waals surface area contributed by atoms with E-state index in [1.807, 2.05) is 28.8 Å². The number of anilines is 1. The molecule has 0 amide bonds. The van der Waals surface area contributed by atoms with Crippen LogP contribution < -0.4 is 5.73 Å². The molecule has 0 aliphatic carbocycles. The van der Waals surface area contributed by atoms with Gasteiger partial charge in [-0.15, -0.1) is 0 Å². The van der Waals surface area contributed by atoms with Gasteiger partial charge in [0.15, 0.2) is 0 Å². The van der Waals surface area contributed by atoms with Gasteiger partial charge in [0.1, 0.15) is 5.82 Å². The summed E-state index contributed by atoms with van der Waals surface area (Å²) in [6.07, 6.45) is 4.23. The molecule has 0 saturated heterocycles. The van der Waals surface area contributed by atoms with E-state index < -0.39 is 5.97 Å². The third-order valence-electron chi connectivity index (χ3n) is 2.68. The van der Waals surface area contributed by atoms with Crippen molar-refractivity contribution in [3.63, 3.8) is 0 Å². The second-order valence-electron chi connectivity index (χ2n) is 4.10. The van der Waals surface area contributed by atoms with Crippen LogP contribution in [0.15, 0.2) is 36.7 Å². The summed E-state index contributed by atoms with van der Waals surface area (Å²) >= 11 is 0. The summed E-state index contributed by atoms with van der Waals surface area (Å²) in [5.74, 6) is 0.0421. The lowest BCUT2D eigenvalue weighted by molar-refractivity contribution is -0.137. The first-order valence-corrected chi connectivity index (χ1v) is 5.71. The molecule has 0 atom stereocenters. The maximum Gasteiger partial charge on any atom is 0.305 e. The monoisotopic (exact) mass is 245 g/mol. The molecule has 2 aromatic rings. The Balaban J connectivity index is 2.10. The molecule has 0 aliphatic rings. The van der Waals surface area contributed by atoms with E-state index in [0.717, 1.165) is 17.1 Å². The summed E-state index contributed by atoms with van der Waals surface area (Å²) in [4.78, 5) is 14.8. The third-order valence-corrected chi connectivity index (χ3v) is 2.68. The van der Waals surface area contributed by atoms with E-state index in [1.54, 1.807) is 12.4 Å². The van der Waals surface area contributed by atoms with Gasteiger partial charge in [-0.2, -0.15) is 0 Å². The predicted molar refractivity (Wildman–Crippen MR) is 68.1 cm³/mol. The van der Waals surface area contributed by atoms with Crippen molar-refractivity contribution in [3.05, 3.63) is 48.0 Å². The summed E-state index contributed by atoms with van der Waals surface area (Å²) in [5.41, 5.74) is 7.51. The normalized spacial score (nSPS) is 10.4. The van der Waals surface area contributed by atoms with Gasteiger partial charge in [-0.1, -0.05) is 12.1 Å². The lowest BCUT2D eigenvalue weighted by atomic mass is 10.1. The number of aromatic nitrogens is 2. The number of aryl methyl sites for hydroxylation is 1. The van der Waals surface area contributed by atoms with Crippen molar-refractivity contribution in [2.45, 2.75) is 19.4 Å². The number of benzene rings is 1. The Bertz CT molecular complexity index is 549. The number of hydrogen-bond donors (Lipinski definition) is 2. The second-order valence-corrected chi connectivity index (χ2v) is 4.10. The van der Waals surface area contributed by atoms with Crippen molar-refractivity contribution >= 4 is 11.7 Å². The van der Waals surface area contributed by atoms with Crippen molar-refractivity contribution in [1.82, 2.24) is 9.55 Å². The number of nitrogen functional groups attached to an aromatic ring is 1. The fourth-order valence-electron chi connectivity index (χ4n) is 1.81. The minimum Gasteiger partial charge on any atom is -0.481 e. The zero-order valence-corrected chi connectivity index (χ0v) is 9.91. The molecule has 0 saturated carbocycles. The topological polar surface area (TPSA) is 81.1 Å². The molecular formula is C13H15N3O2. The van der Waals surface area contributed by atoms with Crippen molar-refractivity contribution in [2.75, 3.05) is 5.73 Å². The van der Waals surface area contributed by atoms with E-state index in [9.17, 15) is 4.79 Å². The molecule has 0 unspecified atom stereocenters. The molecular weight excluding hydrogens is 230 g/mol. The zero-order valence-electron chi connectivity index (χ0n) is 9.91. The van der Waals surface area contributed by atoms with Crippen LogP contribution in [0.2, 0.25) is 0 Å². The van der Waals surface area contributed by atoms with Gasteiger partial charge in [-0.3, -0.25) is 4.79 Å². The Labute approximate surface area is 105 Å². The fourth-order valence-corrected chi connectivity index (χ4v) is 1.81. The second kappa shape index (κ2) is 5.35. The molecule has 1 aromatic carbocycles. The van der Waals surface area contributed by atoms with E-state index in [0.29, 0.717) is 13.0 Å². The van der Waals surface area contributed by atoms with E-state index in [2.05, 4.69) is 4.98 Å². The van der Waals surface area contributed by atoms with Gasteiger partial charge in [0.25, 0.3) is 0 Å². The van der Waals surface area contributed by atoms with E-state index >= 15 is 0 Å². The molecule has 3 N–H and O–H groups in total. The Morgan fingerprint density at radius 1 is 1.44 bits per heavy atom. The molecule has 0 spiro atoms. The molecule has 1 heterocycles. The quantitative estimate of drug-likeness (QED) is 0.783. The number of nitrogens with zero attached hydrogens (tertiary/aromatic N) is 2. The molecule has 1 aromatic heterocycles. The summed E-state index contributed by atoms with van der Waals surface area (Å²) in [7, 11) is 0. The van der Waals surface area contributed by atoms with Crippen molar-refractivity contribution in [3.8, 4) is 0 Å². The lowest BCUT2D eigenvalue weighted by Gasteiger charge is -2.06. The van der Waals surface area contributed by atoms with Crippen LogP contribution in [0.4, 0.5) is 5.69 Å². The minimum absolute atomic E-state index is 0.0975. The van der Waals surface area contributed by atoms with Crippen molar-refractivity contribution in [2.24, 2.45) is 0 Å². The summed E-state index contributed by atoms with van der Waals surface area (Å²) in [6.45, 7) is 0.437. The fraction of sp³-hybridized carbons (Fsp3) is 0.231. The van der Waals surface area contributed by atoms with Crippen LogP contribution in [0.1, 0.15) is 17.8 Å². The largest absolute Gasteiger partial charge is 0.481 e. The standard InChI is InChI=1S/C13H15N3O2/c14-11-3-1-2-10(8-11)9-12-15-5-7-16(12)6-4-13(17)18/h1-3,5,7-8H,4,6,9,14H2,(H,17,18). The first-order valence-electron chi connectivity index (χ1n) is 5.71. The molecule has 0 radical (unpaired) electrons. The number of nitrogens with two attached hydrogens (primary N) is 1. The molecule has 18 heavy (non-hydrogen) atoms. The van der Waals surface area contributed by atoms with Crippen LogP contribution in [-0.2, 0) is 17.8 Å². The number of carboxylic acid groups (broad SMARTS) is 1. The number of hydrogen-bond acceptors (Lipinski definition) is 3. The lowest BCUT2D eigenvalue weighted by Crippen LogP contribution is -2.08. The minimum atomic E-state index is -0.807. The van der Waals surface area contributed by atoms with Crippen molar-refractivity contribution < 1.29 is 9.90 Å². The molecule has 94 valence electrons. The van der Waals surface area contributed by atoms with Gasteiger partial charge in [-0.25, -0.2) is 4.98 Å². The smallest absolute Gasteiger partial charge is 0.305 e. The molecule has 2 rings (SSSR count). The highest BCUT2D eigenvalue weighted by molar-refractivity contribution is 5.66. The van der Waals surface area contributed by atoms with Crippen LogP contribution >= 0.6 is 0 Å². The van der Waals surface area contributed by atoms with Crippen LogP contribution in [-0.4, -0.2) is 20.6 Å². The van der Waals surface area contributed by atoms with Gasteiger partial charge in [-0.05, 0) is 17.7 Å². The molecule has 0 fully saturated rings. The van der Waals surface area contributed by atoms with E-state index in [-0.39, 0.29) is 6.42 Å². The van der Waals surface area contributed by atoms with Gasteiger partial charge < -0.3 is 15.4 Å². The Morgan fingerprint density at radius 3 is 3.00 bits per heavy atom. The molecule has 5 nitrogen and oxygen atoms in total.